The fourth-order valence-electron chi connectivity index (χ4n) is 3.26. The van der Waals surface area contributed by atoms with E-state index in [1.165, 1.54) is 0 Å². The van der Waals surface area contributed by atoms with E-state index >= 15 is 0 Å². The molecule has 0 aliphatic carbocycles. The van der Waals surface area contributed by atoms with Gasteiger partial charge in [0, 0.05) is 32.7 Å². The summed E-state index contributed by atoms with van der Waals surface area (Å²) in [6.45, 7) is 7.51. The van der Waals surface area contributed by atoms with Gasteiger partial charge in [-0.2, -0.15) is 0 Å². The number of benzene rings is 2. The predicted molar refractivity (Wildman–Crippen MR) is 111 cm³/mol. The number of rotatable bonds is 6. The van der Waals surface area contributed by atoms with Crippen molar-refractivity contribution < 1.29 is 14.3 Å². The number of urea groups is 1. The van der Waals surface area contributed by atoms with E-state index in [1.54, 1.807) is 7.11 Å². The molecule has 28 heavy (non-hydrogen) atoms. The number of hydrogen-bond acceptors (Lipinski definition) is 4. The molecule has 6 heteroatoms. The molecular weight excluding hydrogens is 354 g/mol. The molecule has 0 aromatic heterocycles. The van der Waals surface area contributed by atoms with Gasteiger partial charge in [-0.1, -0.05) is 24.3 Å². The molecule has 6 nitrogen and oxygen atoms in total. The Morgan fingerprint density at radius 3 is 2.36 bits per heavy atom. The van der Waals surface area contributed by atoms with Crippen LogP contribution in [-0.2, 0) is 6.54 Å². The van der Waals surface area contributed by atoms with E-state index in [0.717, 1.165) is 35.8 Å². The number of carbonyl (C=O) groups is 1. The van der Waals surface area contributed by atoms with Gasteiger partial charge in [0.25, 0.3) is 0 Å². The molecule has 2 amide bonds. The summed E-state index contributed by atoms with van der Waals surface area (Å²) in [5.74, 6) is 1.71. The lowest BCUT2D eigenvalue weighted by atomic mass is 10.2. The maximum atomic E-state index is 12.5. The summed E-state index contributed by atoms with van der Waals surface area (Å²) in [6.07, 6.45) is 0.131. The van der Waals surface area contributed by atoms with Crippen LogP contribution >= 0.6 is 0 Å². The van der Waals surface area contributed by atoms with Crippen molar-refractivity contribution in [2.24, 2.45) is 0 Å². The second kappa shape index (κ2) is 9.35. The number of hydrogen-bond donors (Lipinski definition) is 1. The molecule has 1 aliphatic rings. The highest BCUT2D eigenvalue weighted by atomic mass is 16.5. The number of piperazine rings is 1. The molecule has 0 radical (unpaired) electrons. The van der Waals surface area contributed by atoms with Gasteiger partial charge in [0.2, 0.25) is 0 Å². The van der Waals surface area contributed by atoms with Crippen LogP contribution in [0.15, 0.2) is 48.5 Å². The third kappa shape index (κ3) is 5.09. The minimum absolute atomic E-state index is 0.0258. The molecule has 1 fully saturated rings. The van der Waals surface area contributed by atoms with Crippen LogP contribution in [0.3, 0.4) is 0 Å². The zero-order valence-electron chi connectivity index (χ0n) is 16.9. The second-order valence-corrected chi connectivity index (χ2v) is 7.12. The molecule has 3 rings (SSSR count). The first-order valence-electron chi connectivity index (χ1n) is 9.73. The number of methoxy groups -OCH3 is 1. The second-order valence-electron chi connectivity index (χ2n) is 7.12. The summed E-state index contributed by atoms with van der Waals surface area (Å²) in [6, 6.07) is 15.8. The summed E-state index contributed by atoms with van der Waals surface area (Å²) in [7, 11) is 1.64. The standard InChI is InChI=1S/C22H29N3O3/c1-17(2)28-21-7-5-4-6-20(21)24-12-14-25(15-13-24)22(26)23-16-18-8-10-19(27-3)11-9-18/h4-11,17H,12-16H2,1-3H3,(H,23,26). The highest BCUT2D eigenvalue weighted by Gasteiger charge is 2.23. The number of amides is 2. The molecular formula is C22H29N3O3. The Hall–Kier alpha value is -2.89. The van der Waals surface area contributed by atoms with E-state index < -0.39 is 0 Å². The molecule has 2 aromatic rings. The number of carbonyl (C=O) groups excluding carboxylic acids is 1. The number of nitrogens with zero attached hydrogens (tertiary/aromatic N) is 2. The third-order valence-corrected chi connectivity index (χ3v) is 4.74. The Morgan fingerprint density at radius 1 is 1.04 bits per heavy atom. The average molecular weight is 383 g/mol. The SMILES string of the molecule is COc1ccc(CNC(=O)N2CCN(c3ccccc3OC(C)C)CC2)cc1. The average Bonchev–Trinajstić information content (AvgIpc) is 2.72. The Morgan fingerprint density at radius 2 is 1.71 bits per heavy atom. The minimum Gasteiger partial charge on any atom is -0.497 e. The van der Waals surface area contributed by atoms with Gasteiger partial charge in [-0.25, -0.2) is 4.79 Å². The van der Waals surface area contributed by atoms with Crippen LogP contribution in [0.4, 0.5) is 10.5 Å². The summed E-state index contributed by atoms with van der Waals surface area (Å²) in [5, 5.41) is 3.00. The molecule has 0 bridgehead atoms. The monoisotopic (exact) mass is 383 g/mol. The van der Waals surface area contributed by atoms with Crippen LogP contribution in [-0.4, -0.2) is 50.3 Å². The van der Waals surface area contributed by atoms with Gasteiger partial charge in [-0.05, 0) is 43.7 Å². The van der Waals surface area contributed by atoms with Crippen molar-refractivity contribution in [1.82, 2.24) is 10.2 Å². The number of anilines is 1. The van der Waals surface area contributed by atoms with Crippen LogP contribution in [0.1, 0.15) is 19.4 Å². The first-order chi connectivity index (χ1) is 13.6. The van der Waals surface area contributed by atoms with Crippen LogP contribution in [0, 0.1) is 0 Å². The van der Waals surface area contributed by atoms with Gasteiger partial charge in [0.15, 0.2) is 0 Å². The lowest BCUT2D eigenvalue weighted by molar-refractivity contribution is 0.193. The zero-order valence-corrected chi connectivity index (χ0v) is 16.9. The van der Waals surface area contributed by atoms with Crippen molar-refractivity contribution in [3.8, 4) is 11.5 Å². The van der Waals surface area contributed by atoms with Crippen molar-refractivity contribution in [2.45, 2.75) is 26.5 Å². The number of nitrogens with one attached hydrogen (secondary N) is 1. The first kappa shape index (κ1) is 19.9. The smallest absolute Gasteiger partial charge is 0.317 e. The highest BCUT2D eigenvalue weighted by Crippen LogP contribution is 2.29. The lowest BCUT2D eigenvalue weighted by Crippen LogP contribution is -2.51. The maximum absolute atomic E-state index is 12.5. The van der Waals surface area contributed by atoms with E-state index in [-0.39, 0.29) is 12.1 Å². The molecule has 1 saturated heterocycles. The molecule has 0 unspecified atom stereocenters. The van der Waals surface area contributed by atoms with Crippen molar-refractivity contribution >= 4 is 11.7 Å². The molecule has 1 N–H and O–H groups in total. The number of ether oxygens (including phenoxy) is 2. The Labute approximate surface area is 167 Å². The summed E-state index contributed by atoms with van der Waals surface area (Å²) < 4.78 is 11.1. The minimum atomic E-state index is -0.0258. The normalized spacial score (nSPS) is 14.1. The lowest BCUT2D eigenvalue weighted by Gasteiger charge is -2.36. The summed E-state index contributed by atoms with van der Waals surface area (Å²) in [5.41, 5.74) is 2.14. The van der Waals surface area contributed by atoms with Crippen LogP contribution in [0.2, 0.25) is 0 Å². The van der Waals surface area contributed by atoms with Gasteiger partial charge in [0.1, 0.15) is 11.5 Å². The van der Waals surface area contributed by atoms with Gasteiger partial charge in [0.05, 0.1) is 18.9 Å². The molecule has 0 saturated carbocycles. The van der Waals surface area contributed by atoms with Crippen LogP contribution in [0.5, 0.6) is 11.5 Å². The highest BCUT2D eigenvalue weighted by molar-refractivity contribution is 5.74. The van der Waals surface area contributed by atoms with Gasteiger partial charge in [-0.3, -0.25) is 0 Å². The van der Waals surface area contributed by atoms with Crippen LogP contribution in [0.25, 0.3) is 0 Å². The molecule has 0 spiro atoms. The third-order valence-electron chi connectivity index (χ3n) is 4.74. The van der Waals surface area contributed by atoms with Crippen molar-refractivity contribution in [2.75, 3.05) is 38.2 Å². The molecule has 2 aromatic carbocycles. The molecule has 1 heterocycles. The summed E-state index contributed by atoms with van der Waals surface area (Å²) in [4.78, 5) is 16.6. The van der Waals surface area contributed by atoms with E-state index in [0.29, 0.717) is 19.6 Å². The predicted octanol–water partition coefficient (Wildman–Crippen LogP) is 3.51. The number of para-hydroxylation sites is 2. The Balaban J connectivity index is 1.51. The van der Waals surface area contributed by atoms with E-state index in [1.807, 2.05) is 61.2 Å². The maximum Gasteiger partial charge on any atom is 0.317 e. The zero-order chi connectivity index (χ0) is 19.9. The summed E-state index contributed by atoms with van der Waals surface area (Å²) >= 11 is 0. The van der Waals surface area contributed by atoms with Gasteiger partial charge >= 0.3 is 6.03 Å². The molecule has 150 valence electrons. The largest absolute Gasteiger partial charge is 0.497 e. The first-order valence-corrected chi connectivity index (χ1v) is 9.73. The van der Waals surface area contributed by atoms with Crippen molar-refractivity contribution in [1.29, 1.82) is 0 Å². The van der Waals surface area contributed by atoms with Crippen molar-refractivity contribution in [3.05, 3.63) is 54.1 Å². The fourth-order valence-corrected chi connectivity index (χ4v) is 3.26. The Kier molecular flexibility index (Phi) is 6.63. The topological polar surface area (TPSA) is 54.0 Å². The Bertz CT molecular complexity index is 769. The van der Waals surface area contributed by atoms with E-state index in [4.69, 9.17) is 9.47 Å². The van der Waals surface area contributed by atoms with Crippen molar-refractivity contribution in [3.63, 3.8) is 0 Å². The molecule has 0 atom stereocenters. The fraction of sp³-hybridized carbons (Fsp3) is 0.409. The van der Waals surface area contributed by atoms with E-state index in [2.05, 4.69) is 16.3 Å². The van der Waals surface area contributed by atoms with Gasteiger partial charge < -0.3 is 24.6 Å². The molecule has 1 aliphatic heterocycles. The van der Waals surface area contributed by atoms with E-state index in [9.17, 15) is 4.79 Å². The quantitative estimate of drug-likeness (QED) is 0.829. The van der Waals surface area contributed by atoms with Gasteiger partial charge in [-0.15, -0.1) is 0 Å². The van der Waals surface area contributed by atoms with Crippen LogP contribution < -0.4 is 19.7 Å².